The second-order valence-electron chi connectivity index (χ2n) is 3.72. The van der Waals surface area contributed by atoms with Gasteiger partial charge in [0.1, 0.15) is 22.9 Å². The van der Waals surface area contributed by atoms with Crippen LogP contribution in [0.2, 0.25) is 0 Å². The molecule has 0 aliphatic heterocycles. The van der Waals surface area contributed by atoms with E-state index in [0.29, 0.717) is 23.6 Å². The Bertz CT molecular complexity index is 556. The molecule has 0 aromatic carbocycles. The van der Waals surface area contributed by atoms with Crippen molar-refractivity contribution in [3.63, 3.8) is 0 Å². The average molecular weight is 262 g/mol. The Morgan fingerprint density at radius 2 is 2.17 bits per heavy atom. The highest BCUT2D eigenvalue weighted by Crippen LogP contribution is 2.07. The molecule has 2 aromatic heterocycles. The third-order valence-electron chi connectivity index (χ3n) is 2.31. The number of rotatable bonds is 5. The number of hydrogen-bond donors (Lipinski definition) is 2. The molecule has 0 bridgehead atoms. The van der Waals surface area contributed by atoms with Crippen LogP contribution in [0.1, 0.15) is 11.4 Å². The molecule has 0 saturated carbocycles. The van der Waals surface area contributed by atoms with E-state index in [-0.39, 0.29) is 0 Å². The van der Waals surface area contributed by atoms with Gasteiger partial charge in [-0.1, -0.05) is 12.2 Å². The summed E-state index contributed by atoms with van der Waals surface area (Å²) in [6, 6.07) is 5.70. The highest BCUT2D eigenvalue weighted by atomic mass is 32.1. The van der Waals surface area contributed by atoms with Gasteiger partial charge in [0.2, 0.25) is 0 Å². The lowest BCUT2D eigenvalue weighted by atomic mass is 10.3. The molecule has 0 unspecified atom stereocenters. The SMILES string of the molecule is COCc1nc(=S)cc(NCc2ccncc2)[nH]1. The van der Waals surface area contributed by atoms with Gasteiger partial charge in [-0.25, -0.2) is 4.98 Å². The number of aromatic nitrogens is 3. The molecular weight excluding hydrogens is 248 g/mol. The molecule has 0 spiro atoms. The van der Waals surface area contributed by atoms with Crippen LogP contribution in [0, 0.1) is 4.64 Å². The molecule has 18 heavy (non-hydrogen) atoms. The van der Waals surface area contributed by atoms with Crippen LogP contribution in [0.25, 0.3) is 0 Å². The number of hydrogen-bond acceptors (Lipinski definition) is 5. The van der Waals surface area contributed by atoms with Crippen molar-refractivity contribution in [3.8, 4) is 0 Å². The zero-order valence-corrected chi connectivity index (χ0v) is 10.8. The summed E-state index contributed by atoms with van der Waals surface area (Å²) in [4.78, 5) is 11.3. The van der Waals surface area contributed by atoms with Gasteiger partial charge in [-0.15, -0.1) is 0 Å². The minimum atomic E-state index is 0.411. The lowest BCUT2D eigenvalue weighted by molar-refractivity contribution is 0.178. The van der Waals surface area contributed by atoms with Crippen LogP contribution >= 0.6 is 12.2 Å². The molecule has 94 valence electrons. The minimum absolute atomic E-state index is 0.411. The maximum absolute atomic E-state index is 5.10. The lowest BCUT2D eigenvalue weighted by Crippen LogP contribution is -2.05. The summed E-state index contributed by atoms with van der Waals surface area (Å²) in [7, 11) is 1.62. The van der Waals surface area contributed by atoms with Crippen LogP contribution in [-0.2, 0) is 17.9 Å². The van der Waals surface area contributed by atoms with Gasteiger partial charge in [0.15, 0.2) is 0 Å². The second kappa shape index (κ2) is 6.23. The summed E-state index contributed by atoms with van der Waals surface area (Å²) in [5.74, 6) is 1.54. The summed E-state index contributed by atoms with van der Waals surface area (Å²) in [6.07, 6.45) is 3.53. The maximum atomic E-state index is 5.10. The molecule has 2 aromatic rings. The number of pyridine rings is 1. The van der Waals surface area contributed by atoms with Gasteiger partial charge in [-0.05, 0) is 17.7 Å². The molecule has 0 aliphatic carbocycles. The molecule has 5 nitrogen and oxygen atoms in total. The fourth-order valence-electron chi connectivity index (χ4n) is 1.51. The Morgan fingerprint density at radius 3 is 2.89 bits per heavy atom. The number of nitrogens with zero attached hydrogens (tertiary/aromatic N) is 2. The van der Waals surface area contributed by atoms with Crippen LogP contribution in [-0.4, -0.2) is 22.1 Å². The molecule has 0 atom stereocenters. The van der Waals surface area contributed by atoms with E-state index in [1.54, 1.807) is 25.6 Å². The third-order valence-corrected chi connectivity index (χ3v) is 2.51. The first-order valence-corrected chi connectivity index (χ1v) is 5.90. The van der Waals surface area contributed by atoms with Crippen LogP contribution < -0.4 is 5.32 Å². The molecule has 2 rings (SSSR count). The van der Waals surface area contributed by atoms with Crippen molar-refractivity contribution in [2.75, 3.05) is 12.4 Å². The van der Waals surface area contributed by atoms with E-state index in [4.69, 9.17) is 17.0 Å². The zero-order chi connectivity index (χ0) is 12.8. The first kappa shape index (κ1) is 12.7. The maximum Gasteiger partial charge on any atom is 0.135 e. The first-order chi connectivity index (χ1) is 8.78. The monoisotopic (exact) mass is 262 g/mol. The first-order valence-electron chi connectivity index (χ1n) is 5.50. The zero-order valence-electron chi connectivity index (χ0n) is 10.0. The van der Waals surface area contributed by atoms with E-state index in [1.165, 1.54) is 0 Å². The molecule has 0 radical (unpaired) electrons. The lowest BCUT2D eigenvalue weighted by Gasteiger charge is -2.08. The Labute approximate surface area is 110 Å². The highest BCUT2D eigenvalue weighted by Gasteiger charge is 1.99. The number of aromatic amines is 1. The van der Waals surface area contributed by atoms with Gasteiger partial charge in [0.25, 0.3) is 0 Å². The summed E-state index contributed by atoms with van der Waals surface area (Å²) in [5.41, 5.74) is 1.15. The Kier molecular flexibility index (Phi) is 4.38. The second-order valence-corrected chi connectivity index (χ2v) is 4.14. The largest absolute Gasteiger partial charge is 0.377 e. The fraction of sp³-hybridized carbons (Fsp3) is 0.250. The number of nitrogens with one attached hydrogen (secondary N) is 2. The molecule has 2 N–H and O–H groups in total. The Balaban J connectivity index is 2.07. The van der Waals surface area contributed by atoms with Crippen molar-refractivity contribution in [2.45, 2.75) is 13.2 Å². The highest BCUT2D eigenvalue weighted by molar-refractivity contribution is 7.71. The van der Waals surface area contributed by atoms with Crippen LogP contribution in [0.4, 0.5) is 5.82 Å². The van der Waals surface area contributed by atoms with Gasteiger partial charge < -0.3 is 15.0 Å². The van der Waals surface area contributed by atoms with Gasteiger partial charge in [0, 0.05) is 32.1 Å². The summed E-state index contributed by atoms with van der Waals surface area (Å²) < 4.78 is 5.56. The van der Waals surface area contributed by atoms with Crippen molar-refractivity contribution in [2.24, 2.45) is 0 Å². The van der Waals surface area contributed by atoms with E-state index in [1.807, 2.05) is 12.1 Å². The number of ether oxygens (including phenoxy) is 1. The van der Waals surface area contributed by atoms with E-state index < -0.39 is 0 Å². The smallest absolute Gasteiger partial charge is 0.135 e. The van der Waals surface area contributed by atoms with Crippen LogP contribution in [0.15, 0.2) is 30.6 Å². The van der Waals surface area contributed by atoms with Gasteiger partial charge >= 0.3 is 0 Å². The summed E-state index contributed by atoms with van der Waals surface area (Å²) in [6.45, 7) is 1.11. The number of anilines is 1. The van der Waals surface area contributed by atoms with Crippen LogP contribution in [0.5, 0.6) is 0 Å². The molecule has 2 heterocycles. The van der Waals surface area contributed by atoms with Crippen molar-refractivity contribution in [1.82, 2.24) is 15.0 Å². The Hall–Kier alpha value is -1.79. The standard InChI is InChI=1S/C12H14N4OS/c1-17-8-11-15-10(6-12(18)16-11)14-7-9-2-4-13-5-3-9/h2-6H,7-8H2,1H3,(H2,14,15,16,18). The molecule has 0 aliphatic rings. The molecular formula is C12H14N4OS. The van der Waals surface area contributed by atoms with Crippen LogP contribution in [0.3, 0.4) is 0 Å². The molecule has 0 fully saturated rings. The van der Waals surface area contributed by atoms with Crippen molar-refractivity contribution in [3.05, 3.63) is 46.6 Å². The fourth-order valence-corrected chi connectivity index (χ4v) is 1.73. The molecule has 0 amide bonds. The van der Waals surface area contributed by atoms with Crippen molar-refractivity contribution in [1.29, 1.82) is 0 Å². The van der Waals surface area contributed by atoms with E-state index in [9.17, 15) is 0 Å². The van der Waals surface area contributed by atoms with Gasteiger partial charge in [0.05, 0.1) is 0 Å². The van der Waals surface area contributed by atoms with Crippen molar-refractivity contribution < 1.29 is 4.74 Å². The predicted molar refractivity (Wildman–Crippen MR) is 71.7 cm³/mol. The van der Waals surface area contributed by atoms with Crippen molar-refractivity contribution >= 4 is 18.0 Å². The van der Waals surface area contributed by atoms with Gasteiger partial charge in [-0.2, -0.15) is 0 Å². The minimum Gasteiger partial charge on any atom is -0.377 e. The quantitative estimate of drug-likeness (QED) is 0.809. The molecule has 0 saturated heterocycles. The third kappa shape index (κ3) is 3.61. The van der Waals surface area contributed by atoms with E-state index in [2.05, 4.69) is 20.3 Å². The summed E-state index contributed by atoms with van der Waals surface area (Å²) in [5, 5.41) is 3.26. The topological polar surface area (TPSA) is 62.8 Å². The average Bonchev–Trinajstić information content (AvgIpc) is 2.37. The normalized spacial score (nSPS) is 10.3. The number of H-pyrrole nitrogens is 1. The Morgan fingerprint density at radius 1 is 1.39 bits per heavy atom. The summed E-state index contributed by atoms with van der Waals surface area (Å²) >= 11 is 5.10. The predicted octanol–water partition coefficient (Wildman–Crippen LogP) is 2.29. The number of methoxy groups -OCH3 is 1. The molecule has 6 heteroatoms. The van der Waals surface area contributed by atoms with Gasteiger partial charge in [-0.3, -0.25) is 4.98 Å². The van der Waals surface area contributed by atoms with E-state index in [0.717, 1.165) is 11.4 Å². The van der Waals surface area contributed by atoms with E-state index >= 15 is 0 Å².